The molecule has 1 N–H and O–H groups in total. The Kier molecular flexibility index (Phi) is 4.65. The van der Waals surface area contributed by atoms with Crippen LogP contribution < -0.4 is 10.1 Å². The maximum absolute atomic E-state index is 12.6. The molecule has 2 rings (SSSR count). The third-order valence-electron chi connectivity index (χ3n) is 3.76. The van der Waals surface area contributed by atoms with Crippen molar-refractivity contribution >= 4 is 5.91 Å². The summed E-state index contributed by atoms with van der Waals surface area (Å²) in [7, 11) is 1.66. The number of benzene rings is 1. The summed E-state index contributed by atoms with van der Waals surface area (Å²) in [5.74, 6) is 1.08. The van der Waals surface area contributed by atoms with E-state index in [1.54, 1.807) is 7.11 Å². The SMILES string of the molecule is COc1cccc(CC(C)(C)C(=O)N2CCNCC2)c1. The summed E-state index contributed by atoms with van der Waals surface area (Å²) in [6, 6.07) is 7.95. The molecule has 1 aliphatic rings. The summed E-state index contributed by atoms with van der Waals surface area (Å²) in [6.45, 7) is 7.44. The van der Waals surface area contributed by atoms with Crippen molar-refractivity contribution in [2.24, 2.45) is 5.41 Å². The Hall–Kier alpha value is -1.55. The second-order valence-corrected chi connectivity index (χ2v) is 5.95. The van der Waals surface area contributed by atoms with Gasteiger partial charge in [-0.1, -0.05) is 26.0 Å². The molecular weight excluding hydrogens is 252 g/mol. The van der Waals surface area contributed by atoms with Crippen molar-refractivity contribution in [1.82, 2.24) is 10.2 Å². The molecule has 110 valence electrons. The number of ether oxygens (including phenoxy) is 1. The number of hydrogen-bond donors (Lipinski definition) is 1. The quantitative estimate of drug-likeness (QED) is 0.910. The number of hydrogen-bond acceptors (Lipinski definition) is 3. The smallest absolute Gasteiger partial charge is 0.228 e. The lowest BCUT2D eigenvalue weighted by Crippen LogP contribution is -2.51. The number of carbonyl (C=O) groups excluding carboxylic acids is 1. The van der Waals surface area contributed by atoms with E-state index < -0.39 is 0 Å². The first-order chi connectivity index (χ1) is 9.53. The molecular formula is C16H24N2O2. The molecule has 0 saturated carbocycles. The van der Waals surface area contributed by atoms with Crippen LogP contribution in [-0.4, -0.2) is 44.1 Å². The van der Waals surface area contributed by atoms with Gasteiger partial charge in [-0.3, -0.25) is 4.79 Å². The molecule has 1 heterocycles. The first-order valence-corrected chi connectivity index (χ1v) is 7.16. The van der Waals surface area contributed by atoms with Crippen LogP contribution in [0.1, 0.15) is 19.4 Å². The van der Waals surface area contributed by atoms with Gasteiger partial charge in [0, 0.05) is 31.6 Å². The molecule has 0 atom stereocenters. The highest BCUT2D eigenvalue weighted by atomic mass is 16.5. The molecule has 0 bridgehead atoms. The van der Waals surface area contributed by atoms with E-state index in [1.807, 2.05) is 36.9 Å². The molecule has 0 radical (unpaired) electrons. The van der Waals surface area contributed by atoms with Crippen LogP contribution in [0.5, 0.6) is 5.75 Å². The lowest BCUT2D eigenvalue weighted by Gasteiger charge is -2.34. The second kappa shape index (κ2) is 6.27. The predicted octanol–water partition coefficient (Wildman–Crippen LogP) is 1.70. The number of nitrogens with one attached hydrogen (secondary N) is 1. The van der Waals surface area contributed by atoms with E-state index >= 15 is 0 Å². The van der Waals surface area contributed by atoms with Crippen LogP contribution in [0.25, 0.3) is 0 Å². The van der Waals surface area contributed by atoms with Gasteiger partial charge in [0.15, 0.2) is 0 Å². The minimum atomic E-state index is -0.385. The van der Waals surface area contributed by atoms with Gasteiger partial charge in [0.2, 0.25) is 5.91 Å². The molecule has 1 fully saturated rings. The highest BCUT2D eigenvalue weighted by Gasteiger charge is 2.32. The number of carbonyl (C=O) groups is 1. The monoisotopic (exact) mass is 276 g/mol. The standard InChI is InChI=1S/C16H24N2O2/c1-16(2,15(19)18-9-7-17-8-10-18)12-13-5-4-6-14(11-13)20-3/h4-6,11,17H,7-10,12H2,1-3H3. The molecule has 0 aromatic heterocycles. The molecule has 4 heteroatoms. The zero-order valence-corrected chi connectivity index (χ0v) is 12.6. The third-order valence-corrected chi connectivity index (χ3v) is 3.76. The van der Waals surface area contributed by atoms with Crippen LogP contribution in [0.15, 0.2) is 24.3 Å². The number of methoxy groups -OCH3 is 1. The molecule has 1 amide bonds. The summed E-state index contributed by atoms with van der Waals surface area (Å²) < 4.78 is 5.24. The predicted molar refractivity (Wildman–Crippen MR) is 79.9 cm³/mol. The summed E-state index contributed by atoms with van der Waals surface area (Å²) in [6.07, 6.45) is 0.729. The van der Waals surface area contributed by atoms with Gasteiger partial charge in [-0.25, -0.2) is 0 Å². The van der Waals surface area contributed by atoms with E-state index in [9.17, 15) is 4.79 Å². The third kappa shape index (κ3) is 3.51. The van der Waals surface area contributed by atoms with Crippen LogP contribution in [0.3, 0.4) is 0 Å². The fourth-order valence-corrected chi connectivity index (χ4v) is 2.66. The number of piperazine rings is 1. The minimum Gasteiger partial charge on any atom is -0.497 e. The summed E-state index contributed by atoms with van der Waals surface area (Å²) in [4.78, 5) is 14.6. The topological polar surface area (TPSA) is 41.6 Å². The Balaban J connectivity index is 2.06. The van der Waals surface area contributed by atoms with Gasteiger partial charge in [0.05, 0.1) is 7.11 Å². The largest absolute Gasteiger partial charge is 0.497 e. The molecule has 0 unspecified atom stereocenters. The summed E-state index contributed by atoms with van der Waals surface area (Å²) in [5.41, 5.74) is 0.752. The van der Waals surface area contributed by atoms with E-state index in [2.05, 4.69) is 11.4 Å². The Morgan fingerprint density at radius 1 is 1.35 bits per heavy atom. The maximum atomic E-state index is 12.6. The first kappa shape index (κ1) is 14.9. The lowest BCUT2D eigenvalue weighted by atomic mass is 9.84. The summed E-state index contributed by atoms with van der Waals surface area (Å²) in [5, 5.41) is 3.28. The first-order valence-electron chi connectivity index (χ1n) is 7.16. The van der Waals surface area contributed by atoms with Crippen LogP contribution in [0.2, 0.25) is 0 Å². The van der Waals surface area contributed by atoms with Crippen LogP contribution >= 0.6 is 0 Å². The van der Waals surface area contributed by atoms with Crippen molar-refractivity contribution in [3.05, 3.63) is 29.8 Å². The van der Waals surface area contributed by atoms with Gasteiger partial charge in [0.1, 0.15) is 5.75 Å². The Labute approximate surface area is 121 Å². The number of nitrogens with zero attached hydrogens (tertiary/aromatic N) is 1. The maximum Gasteiger partial charge on any atom is 0.228 e. The van der Waals surface area contributed by atoms with E-state index in [0.29, 0.717) is 0 Å². The van der Waals surface area contributed by atoms with Crippen molar-refractivity contribution in [1.29, 1.82) is 0 Å². The Morgan fingerprint density at radius 2 is 2.05 bits per heavy atom. The van der Waals surface area contributed by atoms with Crippen LogP contribution in [0, 0.1) is 5.41 Å². The van der Waals surface area contributed by atoms with Gasteiger partial charge in [-0.15, -0.1) is 0 Å². The van der Waals surface area contributed by atoms with Gasteiger partial charge in [-0.05, 0) is 24.1 Å². The van der Waals surface area contributed by atoms with E-state index in [-0.39, 0.29) is 11.3 Å². The van der Waals surface area contributed by atoms with Crippen molar-refractivity contribution in [3.63, 3.8) is 0 Å². The molecule has 1 aliphatic heterocycles. The van der Waals surface area contributed by atoms with Crippen LogP contribution in [0.4, 0.5) is 0 Å². The number of rotatable bonds is 4. The molecule has 1 saturated heterocycles. The van der Waals surface area contributed by atoms with Gasteiger partial charge < -0.3 is 15.0 Å². The fraction of sp³-hybridized carbons (Fsp3) is 0.562. The van der Waals surface area contributed by atoms with Crippen molar-refractivity contribution in [2.75, 3.05) is 33.3 Å². The van der Waals surface area contributed by atoms with Gasteiger partial charge >= 0.3 is 0 Å². The fourth-order valence-electron chi connectivity index (χ4n) is 2.66. The van der Waals surface area contributed by atoms with Crippen molar-refractivity contribution in [2.45, 2.75) is 20.3 Å². The molecule has 1 aromatic rings. The average molecular weight is 276 g/mol. The van der Waals surface area contributed by atoms with E-state index in [4.69, 9.17) is 4.74 Å². The molecule has 0 spiro atoms. The normalized spacial score (nSPS) is 16.1. The Morgan fingerprint density at radius 3 is 2.70 bits per heavy atom. The minimum absolute atomic E-state index is 0.238. The highest BCUT2D eigenvalue weighted by molar-refractivity contribution is 5.82. The molecule has 4 nitrogen and oxygen atoms in total. The van der Waals surface area contributed by atoms with Crippen molar-refractivity contribution in [3.8, 4) is 5.75 Å². The zero-order chi connectivity index (χ0) is 14.6. The molecule has 1 aromatic carbocycles. The average Bonchev–Trinajstić information content (AvgIpc) is 2.47. The second-order valence-electron chi connectivity index (χ2n) is 5.95. The number of amides is 1. The highest BCUT2D eigenvalue weighted by Crippen LogP contribution is 2.26. The van der Waals surface area contributed by atoms with E-state index in [0.717, 1.165) is 43.9 Å². The van der Waals surface area contributed by atoms with Gasteiger partial charge in [-0.2, -0.15) is 0 Å². The summed E-state index contributed by atoms with van der Waals surface area (Å²) >= 11 is 0. The Bertz CT molecular complexity index is 465. The van der Waals surface area contributed by atoms with Gasteiger partial charge in [0.25, 0.3) is 0 Å². The molecule has 20 heavy (non-hydrogen) atoms. The van der Waals surface area contributed by atoms with Crippen LogP contribution in [-0.2, 0) is 11.2 Å². The van der Waals surface area contributed by atoms with Crippen molar-refractivity contribution < 1.29 is 9.53 Å². The van der Waals surface area contributed by atoms with E-state index in [1.165, 1.54) is 0 Å². The lowest BCUT2D eigenvalue weighted by molar-refractivity contribution is -0.140. The zero-order valence-electron chi connectivity index (χ0n) is 12.6. The molecule has 0 aliphatic carbocycles.